The number of fused-ring (bicyclic) bond motifs is 1. The summed E-state index contributed by atoms with van der Waals surface area (Å²) in [4.78, 5) is 38.6. The van der Waals surface area contributed by atoms with Crippen molar-refractivity contribution >= 4 is 46.0 Å². The molecule has 1 aromatic carbocycles. The lowest BCUT2D eigenvalue weighted by atomic mass is 10.0. The van der Waals surface area contributed by atoms with Gasteiger partial charge >= 0.3 is 5.69 Å². The molecule has 0 aliphatic carbocycles. The Hall–Kier alpha value is -3.33. The van der Waals surface area contributed by atoms with E-state index in [9.17, 15) is 14.4 Å². The van der Waals surface area contributed by atoms with E-state index in [1.807, 2.05) is 16.7 Å². The molecule has 4 heterocycles. The Bertz CT molecular complexity index is 1650. The number of hydrogen-bond acceptors (Lipinski definition) is 7. The van der Waals surface area contributed by atoms with Gasteiger partial charge in [-0.25, -0.2) is 9.48 Å². The number of nitriles is 1. The summed E-state index contributed by atoms with van der Waals surface area (Å²) in [5, 5.41) is 17.6. The lowest BCUT2D eigenvalue weighted by molar-refractivity contribution is 0.417. The van der Waals surface area contributed by atoms with Crippen LogP contribution in [0.25, 0.3) is 22.4 Å². The molecule has 0 radical (unpaired) electrons. The predicted octanol–water partition coefficient (Wildman–Crippen LogP) is 2.74. The Morgan fingerprint density at radius 3 is 2.49 bits per heavy atom. The number of benzene rings is 1. The van der Waals surface area contributed by atoms with E-state index in [4.69, 9.17) is 28.5 Å². The van der Waals surface area contributed by atoms with Gasteiger partial charge in [-0.3, -0.25) is 14.6 Å². The summed E-state index contributed by atoms with van der Waals surface area (Å²) >= 11 is 15.1. The molecule has 3 aromatic heterocycles. The molecular formula is C22H17Cl2N7O3S. The van der Waals surface area contributed by atoms with E-state index in [1.165, 1.54) is 18.2 Å². The highest BCUT2D eigenvalue weighted by Crippen LogP contribution is 2.33. The molecule has 35 heavy (non-hydrogen) atoms. The second kappa shape index (κ2) is 9.37. The number of halogens is 2. The number of hydrogen-bond donors (Lipinski definition) is 1. The molecular weight excluding hydrogens is 513 g/mol. The standard InChI is InChI=1S/C22H17Cl2N7O3S/c23-14-7-13(30-22(34)27-21(33)16(9-25)28-30)8-15(24)20(14)31-17-1-2-19(32)29(18(17)10-26-31)11-12-3-5-35-6-4-12/h1-2,7-8,10,12H,3-6,11H2,(H,27,33,34). The van der Waals surface area contributed by atoms with Crippen LogP contribution in [0.1, 0.15) is 18.5 Å². The molecule has 4 aromatic rings. The van der Waals surface area contributed by atoms with E-state index in [2.05, 4.69) is 10.2 Å². The smallest absolute Gasteiger partial charge is 0.305 e. The van der Waals surface area contributed by atoms with Crippen LogP contribution in [0.4, 0.5) is 0 Å². The Morgan fingerprint density at radius 1 is 1.09 bits per heavy atom. The summed E-state index contributed by atoms with van der Waals surface area (Å²) in [5.74, 6) is 2.61. The van der Waals surface area contributed by atoms with Gasteiger partial charge in [-0.05, 0) is 48.5 Å². The summed E-state index contributed by atoms with van der Waals surface area (Å²) < 4.78 is 4.12. The van der Waals surface area contributed by atoms with Gasteiger partial charge in [0.2, 0.25) is 5.69 Å². The van der Waals surface area contributed by atoms with E-state index in [0.717, 1.165) is 29.0 Å². The molecule has 0 amide bonds. The first-order valence-electron chi connectivity index (χ1n) is 10.7. The number of nitrogens with one attached hydrogen (secondary N) is 1. The fourth-order valence-electron chi connectivity index (χ4n) is 4.15. The zero-order valence-electron chi connectivity index (χ0n) is 18.1. The Kier molecular flexibility index (Phi) is 6.27. The van der Waals surface area contributed by atoms with Crippen LogP contribution < -0.4 is 16.8 Å². The predicted molar refractivity (Wildman–Crippen MR) is 134 cm³/mol. The van der Waals surface area contributed by atoms with Crippen molar-refractivity contribution in [2.24, 2.45) is 5.92 Å². The lowest BCUT2D eigenvalue weighted by Gasteiger charge is -2.22. The Labute approximate surface area is 211 Å². The van der Waals surface area contributed by atoms with E-state index in [1.54, 1.807) is 27.6 Å². The first kappa shape index (κ1) is 23.4. The molecule has 0 atom stereocenters. The quantitative estimate of drug-likeness (QED) is 0.429. The number of H-pyrrole nitrogens is 1. The minimum Gasteiger partial charge on any atom is -0.305 e. The summed E-state index contributed by atoms with van der Waals surface area (Å²) in [7, 11) is 0. The van der Waals surface area contributed by atoms with Crippen LogP contribution in [-0.2, 0) is 6.54 Å². The molecule has 0 spiro atoms. The number of aromatic nitrogens is 6. The van der Waals surface area contributed by atoms with E-state index in [-0.39, 0.29) is 21.3 Å². The van der Waals surface area contributed by atoms with Crippen LogP contribution in [0.5, 0.6) is 0 Å². The zero-order valence-corrected chi connectivity index (χ0v) is 20.4. The van der Waals surface area contributed by atoms with Crippen molar-refractivity contribution in [3.05, 3.63) is 77.4 Å². The van der Waals surface area contributed by atoms with Crippen LogP contribution in [-0.4, -0.2) is 40.6 Å². The largest absolute Gasteiger partial charge is 0.349 e. The van der Waals surface area contributed by atoms with Gasteiger partial charge in [-0.15, -0.1) is 5.10 Å². The maximum Gasteiger partial charge on any atom is 0.349 e. The number of rotatable bonds is 4. The number of thioether (sulfide) groups is 1. The molecule has 0 bridgehead atoms. The number of aromatic amines is 1. The van der Waals surface area contributed by atoms with Crippen LogP contribution in [0.3, 0.4) is 0 Å². The normalized spacial score (nSPS) is 14.3. The summed E-state index contributed by atoms with van der Waals surface area (Å²) in [6, 6.07) is 7.67. The highest BCUT2D eigenvalue weighted by atomic mass is 35.5. The Balaban J connectivity index is 1.60. The molecule has 1 saturated heterocycles. The third kappa shape index (κ3) is 4.29. The molecule has 1 aliphatic rings. The minimum atomic E-state index is -0.886. The van der Waals surface area contributed by atoms with Gasteiger partial charge in [0.1, 0.15) is 11.8 Å². The maximum atomic E-state index is 12.7. The summed E-state index contributed by atoms with van der Waals surface area (Å²) in [5.41, 5.74) is -0.476. The lowest BCUT2D eigenvalue weighted by Crippen LogP contribution is -2.33. The second-order valence-corrected chi connectivity index (χ2v) is 10.1. The first-order chi connectivity index (χ1) is 16.9. The minimum absolute atomic E-state index is 0.0976. The van der Waals surface area contributed by atoms with Crippen LogP contribution in [0.15, 0.2) is 44.8 Å². The van der Waals surface area contributed by atoms with Gasteiger partial charge in [0.25, 0.3) is 11.1 Å². The topological polar surface area (TPSA) is 131 Å². The SMILES string of the molecule is N#Cc1nn(-c2cc(Cl)c(-n3ncc4c3ccc(=O)n4CC3CCSCC3)c(Cl)c2)c(=O)[nH]c1=O. The van der Waals surface area contributed by atoms with E-state index >= 15 is 0 Å². The highest BCUT2D eigenvalue weighted by molar-refractivity contribution is 7.99. The van der Waals surface area contributed by atoms with Gasteiger partial charge in [-0.1, -0.05) is 23.2 Å². The molecule has 1 aliphatic heterocycles. The van der Waals surface area contributed by atoms with Gasteiger partial charge in [0, 0.05) is 12.6 Å². The van der Waals surface area contributed by atoms with Crippen molar-refractivity contribution in [1.29, 1.82) is 5.26 Å². The summed E-state index contributed by atoms with van der Waals surface area (Å²) in [6.07, 6.45) is 3.74. The average molecular weight is 530 g/mol. The molecule has 5 rings (SSSR count). The zero-order chi connectivity index (χ0) is 24.7. The molecule has 1 fully saturated rings. The van der Waals surface area contributed by atoms with E-state index < -0.39 is 16.9 Å². The fourth-order valence-corrected chi connectivity index (χ4v) is 5.99. The van der Waals surface area contributed by atoms with Crippen molar-refractivity contribution < 1.29 is 0 Å². The molecule has 1 N–H and O–H groups in total. The summed E-state index contributed by atoms with van der Waals surface area (Å²) in [6.45, 7) is 0.616. The average Bonchev–Trinajstić information content (AvgIpc) is 3.25. The molecule has 0 saturated carbocycles. The van der Waals surface area contributed by atoms with Crippen LogP contribution in [0.2, 0.25) is 10.0 Å². The third-order valence-corrected chi connectivity index (χ3v) is 7.53. The van der Waals surface area contributed by atoms with Gasteiger partial charge in [0.05, 0.1) is 33.0 Å². The third-order valence-electron chi connectivity index (χ3n) is 5.90. The second-order valence-electron chi connectivity index (χ2n) is 8.05. The van der Waals surface area contributed by atoms with E-state index in [0.29, 0.717) is 29.2 Å². The van der Waals surface area contributed by atoms with Crippen molar-refractivity contribution in [3.63, 3.8) is 0 Å². The molecule has 13 heteroatoms. The molecule has 10 nitrogen and oxygen atoms in total. The van der Waals surface area contributed by atoms with Gasteiger partial charge in [0.15, 0.2) is 0 Å². The first-order valence-corrected chi connectivity index (χ1v) is 12.6. The Morgan fingerprint density at radius 2 is 1.80 bits per heavy atom. The number of nitrogens with zero attached hydrogens (tertiary/aromatic N) is 6. The number of pyridine rings is 1. The van der Waals surface area contributed by atoms with Crippen molar-refractivity contribution in [2.75, 3.05) is 11.5 Å². The maximum absolute atomic E-state index is 12.7. The van der Waals surface area contributed by atoms with Gasteiger partial charge in [-0.2, -0.15) is 26.8 Å². The van der Waals surface area contributed by atoms with Crippen LogP contribution >= 0.6 is 35.0 Å². The highest BCUT2D eigenvalue weighted by Gasteiger charge is 2.20. The monoisotopic (exact) mass is 529 g/mol. The van der Waals surface area contributed by atoms with Crippen molar-refractivity contribution in [1.82, 2.24) is 29.1 Å². The van der Waals surface area contributed by atoms with Crippen LogP contribution in [0, 0.1) is 17.2 Å². The van der Waals surface area contributed by atoms with Gasteiger partial charge < -0.3 is 4.57 Å². The fraction of sp³-hybridized carbons (Fsp3) is 0.273. The van der Waals surface area contributed by atoms with Crippen molar-refractivity contribution in [3.8, 4) is 17.4 Å². The molecule has 178 valence electrons. The van der Waals surface area contributed by atoms with Crippen molar-refractivity contribution in [2.45, 2.75) is 19.4 Å². The molecule has 0 unspecified atom stereocenters.